The van der Waals surface area contributed by atoms with Crippen molar-refractivity contribution in [2.45, 2.75) is 26.2 Å². The van der Waals surface area contributed by atoms with E-state index in [1.54, 1.807) is 0 Å². The van der Waals surface area contributed by atoms with E-state index in [2.05, 4.69) is 18.8 Å². The quantitative estimate of drug-likeness (QED) is 0.578. The summed E-state index contributed by atoms with van der Waals surface area (Å²) in [7, 11) is 0. The fourth-order valence-electron chi connectivity index (χ4n) is 1.56. The van der Waals surface area contributed by atoms with Crippen molar-refractivity contribution in [3.8, 4) is 17.6 Å². The molecule has 19 heavy (non-hydrogen) atoms. The second-order valence-electron chi connectivity index (χ2n) is 4.20. The smallest absolute Gasteiger partial charge is 0.119 e. The van der Waals surface area contributed by atoms with E-state index in [9.17, 15) is 0 Å². The summed E-state index contributed by atoms with van der Waals surface area (Å²) in [5.74, 6) is 6.63. The first-order valence-electron chi connectivity index (χ1n) is 6.86. The van der Waals surface area contributed by atoms with Gasteiger partial charge in [-0.2, -0.15) is 0 Å². The first kappa shape index (κ1) is 15.6. The molecule has 0 bridgehead atoms. The normalized spacial score (nSPS) is 9.79. The van der Waals surface area contributed by atoms with Gasteiger partial charge in [0.1, 0.15) is 12.4 Å². The van der Waals surface area contributed by atoms with Crippen LogP contribution in [-0.2, 0) is 4.74 Å². The molecule has 1 aromatic carbocycles. The van der Waals surface area contributed by atoms with Gasteiger partial charge in [-0.25, -0.2) is 0 Å². The van der Waals surface area contributed by atoms with E-state index in [1.807, 2.05) is 24.3 Å². The fourth-order valence-corrected chi connectivity index (χ4v) is 1.56. The maximum absolute atomic E-state index is 5.57. The van der Waals surface area contributed by atoms with Crippen LogP contribution in [0.1, 0.15) is 31.7 Å². The summed E-state index contributed by atoms with van der Waals surface area (Å²) < 4.78 is 11.0. The van der Waals surface area contributed by atoms with Crippen LogP contribution in [0.25, 0.3) is 0 Å². The zero-order chi connectivity index (χ0) is 13.8. The summed E-state index contributed by atoms with van der Waals surface area (Å²) in [5, 5.41) is 0. The zero-order valence-electron chi connectivity index (χ0n) is 11.7. The predicted octanol–water partition coefficient (Wildman–Crippen LogP) is 2.58. The van der Waals surface area contributed by atoms with Crippen LogP contribution in [0.4, 0.5) is 0 Å². The van der Waals surface area contributed by atoms with E-state index >= 15 is 0 Å². The van der Waals surface area contributed by atoms with Crippen LogP contribution in [0.3, 0.4) is 0 Å². The molecule has 0 atom stereocenters. The van der Waals surface area contributed by atoms with Gasteiger partial charge in [-0.15, -0.1) is 0 Å². The van der Waals surface area contributed by atoms with E-state index in [-0.39, 0.29) is 0 Å². The number of hydrogen-bond donors (Lipinski definition) is 1. The number of ether oxygens (including phenoxy) is 2. The van der Waals surface area contributed by atoms with Crippen molar-refractivity contribution in [2.24, 2.45) is 5.73 Å². The van der Waals surface area contributed by atoms with Gasteiger partial charge in [-0.1, -0.05) is 31.6 Å². The van der Waals surface area contributed by atoms with Crippen molar-refractivity contribution >= 4 is 0 Å². The molecule has 1 rings (SSSR count). The monoisotopic (exact) mass is 261 g/mol. The largest absolute Gasteiger partial charge is 0.491 e. The molecule has 0 saturated carbocycles. The van der Waals surface area contributed by atoms with Crippen molar-refractivity contribution < 1.29 is 9.47 Å². The first-order chi connectivity index (χ1) is 9.36. The summed E-state index contributed by atoms with van der Waals surface area (Å²) in [5.41, 5.74) is 6.27. The lowest BCUT2D eigenvalue weighted by Gasteiger charge is -2.07. The van der Waals surface area contributed by atoms with Crippen molar-refractivity contribution in [1.29, 1.82) is 0 Å². The van der Waals surface area contributed by atoms with Crippen LogP contribution >= 0.6 is 0 Å². The maximum Gasteiger partial charge on any atom is 0.119 e. The third-order valence-corrected chi connectivity index (χ3v) is 2.58. The average molecular weight is 261 g/mol. The lowest BCUT2D eigenvalue weighted by Crippen LogP contribution is -2.07. The van der Waals surface area contributed by atoms with Crippen LogP contribution in [0.2, 0.25) is 0 Å². The molecule has 3 nitrogen and oxygen atoms in total. The van der Waals surface area contributed by atoms with Crippen LogP contribution in [0.15, 0.2) is 24.3 Å². The highest BCUT2D eigenvalue weighted by atomic mass is 16.5. The second-order valence-corrected chi connectivity index (χ2v) is 4.20. The second kappa shape index (κ2) is 10.4. The lowest BCUT2D eigenvalue weighted by molar-refractivity contribution is 0.0973. The van der Waals surface area contributed by atoms with E-state index < -0.39 is 0 Å². The standard InChI is InChI=1S/C16H23NO2/c1-2-3-4-12-18-13-14-19-16-9-7-15(8-10-16)6-5-11-17/h7-10H,2-4,11-14,17H2,1H3. The topological polar surface area (TPSA) is 44.5 Å². The number of hydrogen-bond acceptors (Lipinski definition) is 3. The Morgan fingerprint density at radius 3 is 2.53 bits per heavy atom. The molecule has 0 saturated heterocycles. The Kier molecular flexibility index (Phi) is 8.54. The van der Waals surface area contributed by atoms with E-state index in [0.29, 0.717) is 19.8 Å². The fraction of sp³-hybridized carbons (Fsp3) is 0.500. The van der Waals surface area contributed by atoms with Gasteiger partial charge in [0, 0.05) is 12.2 Å². The highest BCUT2D eigenvalue weighted by Crippen LogP contribution is 2.11. The minimum absolute atomic E-state index is 0.383. The molecule has 0 aliphatic heterocycles. The SMILES string of the molecule is CCCCCOCCOc1ccc(C#CCN)cc1. The molecule has 1 aromatic rings. The molecule has 0 aliphatic carbocycles. The van der Waals surface area contributed by atoms with Gasteiger partial charge in [0.2, 0.25) is 0 Å². The molecule has 0 amide bonds. The number of unbranched alkanes of at least 4 members (excludes halogenated alkanes) is 2. The molecule has 0 aliphatic rings. The third kappa shape index (κ3) is 7.50. The minimum Gasteiger partial charge on any atom is -0.491 e. The molecule has 0 heterocycles. The Hall–Kier alpha value is -1.50. The van der Waals surface area contributed by atoms with Gasteiger partial charge in [-0.05, 0) is 30.7 Å². The first-order valence-corrected chi connectivity index (χ1v) is 6.86. The summed E-state index contributed by atoms with van der Waals surface area (Å²) >= 11 is 0. The number of nitrogens with two attached hydrogens (primary N) is 1. The zero-order valence-corrected chi connectivity index (χ0v) is 11.7. The predicted molar refractivity (Wildman–Crippen MR) is 78.2 cm³/mol. The van der Waals surface area contributed by atoms with Crippen LogP contribution in [-0.4, -0.2) is 26.4 Å². The summed E-state index contributed by atoms with van der Waals surface area (Å²) in [6, 6.07) is 7.69. The molecule has 0 unspecified atom stereocenters. The van der Waals surface area contributed by atoms with Crippen molar-refractivity contribution in [1.82, 2.24) is 0 Å². The highest BCUT2D eigenvalue weighted by Gasteiger charge is 1.94. The molecular weight excluding hydrogens is 238 g/mol. The third-order valence-electron chi connectivity index (χ3n) is 2.58. The van der Waals surface area contributed by atoms with Gasteiger partial charge in [-0.3, -0.25) is 0 Å². The molecule has 0 spiro atoms. The van der Waals surface area contributed by atoms with E-state index in [1.165, 1.54) is 12.8 Å². The molecule has 3 heteroatoms. The van der Waals surface area contributed by atoms with Crippen molar-refractivity contribution in [2.75, 3.05) is 26.4 Å². The summed E-state index contributed by atoms with van der Waals surface area (Å²) in [6.07, 6.45) is 3.58. The molecule has 2 N–H and O–H groups in total. The minimum atomic E-state index is 0.383. The Morgan fingerprint density at radius 1 is 1.05 bits per heavy atom. The Labute approximate surface area is 116 Å². The van der Waals surface area contributed by atoms with Crippen LogP contribution in [0.5, 0.6) is 5.75 Å². The van der Waals surface area contributed by atoms with Crippen LogP contribution < -0.4 is 10.5 Å². The lowest BCUT2D eigenvalue weighted by atomic mass is 10.2. The van der Waals surface area contributed by atoms with E-state index in [0.717, 1.165) is 24.3 Å². The molecular formula is C16H23NO2. The van der Waals surface area contributed by atoms with Crippen molar-refractivity contribution in [3.05, 3.63) is 29.8 Å². The average Bonchev–Trinajstić information content (AvgIpc) is 2.45. The van der Waals surface area contributed by atoms with Gasteiger partial charge in [0.05, 0.1) is 13.2 Å². The Balaban J connectivity index is 2.16. The number of benzene rings is 1. The highest BCUT2D eigenvalue weighted by molar-refractivity contribution is 5.38. The van der Waals surface area contributed by atoms with Crippen molar-refractivity contribution in [3.63, 3.8) is 0 Å². The Morgan fingerprint density at radius 2 is 1.84 bits per heavy atom. The molecule has 0 aromatic heterocycles. The molecule has 0 fully saturated rings. The number of rotatable bonds is 8. The molecule has 104 valence electrons. The van der Waals surface area contributed by atoms with Gasteiger partial charge in [0.25, 0.3) is 0 Å². The summed E-state index contributed by atoms with van der Waals surface area (Å²) in [6.45, 7) is 4.61. The van der Waals surface area contributed by atoms with Gasteiger partial charge in [0.15, 0.2) is 0 Å². The summed E-state index contributed by atoms with van der Waals surface area (Å²) in [4.78, 5) is 0. The maximum atomic E-state index is 5.57. The molecule has 0 radical (unpaired) electrons. The Bertz CT molecular complexity index is 389. The van der Waals surface area contributed by atoms with Crippen LogP contribution in [0, 0.1) is 11.8 Å². The van der Waals surface area contributed by atoms with E-state index in [4.69, 9.17) is 15.2 Å². The van der Waals surface area contributed by atoms with Gasteiger partial charge < -0.3 is 15.2 Å². The van der Waals surface area contributed by atoms with Gasteiger partial charge >= 0.3 is 0 Å².